The van der Waals surface area contributed by atoms with Crippen molar-refractivity contribution in [3.8, 4) is 5.75 Å². The molecule has 1 heterocycles. The van der Waals surface area contributed by atoms with Crippen molar-refractivity contribution in [3.63, 3.8) is 0 Å². The Balaban J connectivity index is 1.69. The molecule has 1 aromatic rings. The topological polar surface area (TPSA) is 50.7 Å². The molecule has 1 unspecified atom stereocenters. The highest BCUT2D eigenvalue weighted by Crippen LogP contribution is 2.33. The SMILES string of the molecule is COc1ccc2c(c1)C(NCC1(O)CCOCC1)CCC2. The molecule has 1 saturated heterocycles. The molecule has 1 atom stereocenters. The minimum Gasteiger partial charge on any atom is -0.497 e. The van der Waals surface area contributed by atoms with Gasteiger partial charge in [-0.25, -0.2) is 0 Å². The van der Waals surface area contributed by atoms with E-state index in [0.717, 1.165) is 31.4 Å². The highest BCUT2D eigenvalue weighted by molar-refractivity contribution is 5.39. The quantitative estimate of drug-likeness (QED) is 0.893. The Hall–Kier alpha value is -1.10. The average Bonchev–Trinajstić information content (AvgIpc) is 2.53. The Labute approximate surface area is 126 Å². The number of nitrogens with one attached hydrogen (secondary N) is 1. The van der Waals surface area contributed by atoms with Crippen molar-refractivity contribution in [1.82, 2.24) is 5.32 Å². The van der Waals surface area contributed by atoms with Gasteiger partial charge in [0.25, 0.3) is 0 Å². The van der Waals surface area contributed by atoms with Crippen LogP contribution in [0.1, 0.15) is 42.9 Å². The summed E-state index contributed by atoms with van der Waals surface area (Å²) >= 11 is 0. The molecular weight excluding hydrogens is 266 g/mol. The van der Waals surface area contributed by atoms with Crippen LogP contribution in [0, 0.1) is 0 Å². The number of hydrogen-bond acceptors (Lipinski definition) is 4. The molecule has 0 radical (unpaired) electrons. The van der Waals surface area contributed by atoms with Gasteiger partial charge in [0.2, 0.25) is 0 Å². The van der Waals surface area contributed by atoms with Gasteiger partial charge in [0.05, 0.1) is 12.7 Å². The molecule has 3 rings (SSSR count). The first-order chi connectivity index (χ1) is 10.2. The molecule has 1 aliphatic heterocycles. The minimum absolute atomic E-state index is 0.315. The van der Waals surface area contributed by atoms with E-state index in [9.17, 15) is 5.11 Å². The molecule has 116 valence electrons. The van der Waals surface area contributed by atoms with Crippen molar-refractivity contribution >= 4 is 0 Å². The molecule has 0 saturated carbocycles. The van der Waals surface area contributed by atoms with Gasteiger partial charge in [-0.15, -0.1) is 0 Å². The Morgan fingerprint density at radius 3 is 2.95 bits per heavy atom. The van der Waals surface area contributed by atoms with Crippen LogP contribution >= 0.6 is 0 Å². The summed E-state index contributed by atoms with van der Waals surface area (Å²) in [5.74, 6) is 0.909. The molecule has 0 bridgehead atoms. The van der Waals surface area contributed by atoms with Crippen molar-refractivity contribution in [2.45, 2.75) is 43.7 Å². The van der Waals surface area contributed by atoms with Gasteiger partial charge in [-0.3, -0.25) is 0 Å². The maximum atomic E-state index is 10.6. The van der Waals surface area contributed by atoms with E-state index >= 15 is 0 Å². The predicted octanol–water partition coefficient (Wildman–Crippen LogP) is 2.20. The lowest BCUT2D eigenvalue weighted by Crippen LogP contribution is -2.46. The van der Waals surface area contributed by atoms with E-state index in [4.69, 9.17) is 9.47 Å². The highest BCUT2D eigenvalue weighted by atomic mass is 16.5. The van der Waals surface area contributed by atoms with Crippen molar-refractivity contribution in [1.29, 1.82) is 0 Å². The van der Waals surface area contributed by atoms with Gasteiger partial charge in [0.15, 0.2) is 0 Å². The molecule has 0 aromatic heterocycles. The molecule has 4 heteroatoms. The van der Waals surface area contributed by atoms with Crippen molar-refractivity contribution in [3.05, 3.63) is 29.3 Å². The first-order valence-electron chi connectivity index (χ1n) is 7.90. The van der Waals surface area contributed by atoms with E-state index in [1.807, 2.05) is 6.07 Å². The maximum Gasteiger partial charge on any atom is 0.119 e. The van der Waals surface area contributed by atoms with Crippen molar-refractivity contribution in [2.75, 3.05) is 26.9 Å². The molecule has 1 aromatic carbocycles. The second kappa shape index (κ2) is 6.34. The molecule has 1 aliphatic carbocycles. The monoisotopic (exact) mass is 291 g/mol. The minimum atomic E-state index is -0.616. The van der Waals surface area contributed by atoms with Crippen LogP contribution in [0.3, 0.4) is 0 Å². The van der Waals surface area contributed by atoms with Gasteiger partial charge >= 0.3 is 0 Å². The molecule has 2 aliphatic rings. The van der Waals surface area contributed by atoms with Crippen LogP contribution < -0.4 is 10.1 Å². The first kappa shape index (κ1) is 14.8. The third-order valence-electron chi connectivity index (χ3n) is 4.77. The van der Waals surface area contributed by atoms with E-state index in [-0.39, 0.29) is 0 Å². The largest absolute Gasteiger partial charge is 0.497 e. The number of rotatable bonds is 4. The van der Waals surface area contributed by atoms with Gasteiger partial charge in [-0.1, -0.05) is 6.07 Å². The molecule has 1 fully saturated rings. The van der Waals surface area contributed by atoms with Crippen molar-refractivity contribution in [2.24, 2.45) is 0 Å². The summed E-state index contributed by atoms with van der Waals surface area (Å²) in [6.07, 6.45) is 4.89. The lowest BCUT2D eigenvalue weighted by atomic mass is 9.86. The van der Waals surface area contributed by atoms with Crippen molar-refractivity contribution < 1.29 is 14.6 Å². The zero-order valence-electron chi connectivity index (χ0n) is 12.7. The maximum absolute atomic E-state index is 10.6. The lowest BCUT2D eigenvalue weighted by molar-refractivity contribution is -0.0630. The average molecular weight is 291 g/mol. The number of ether oxygens (including phenoxy) is 2. The van der Waals surface area contributed by atoms with Gasteiger partial charge in [-0.2, -0.15) is 0 Å². The summed E-state index contributed by atoms with van der Waals surface area (Å²) in [7, 11) is 1.71. The number of aliphatic hydroxyl groups is 1. The lowest BCUT2D eigenvalue weighted by Gasteiger charge is -2.35. The molecule has 0 spiro atoms. The van der Waals surface area contributed by atoms with Crippen LogP contribution in [0.15, 0.2) is 18.2 Å². The Bertz CT molecular complexity index is 483. The standard InChI is InChI=1S/C17H25NO3/c1-20-14-6-5-13-3-2-4-16(15(13)11-14)18-12-17(19)7-9-21-10-8-17/h5-6,11,16,18-19H,2-4,7-10,12H2,1H3. The first-order valence-corrected chi connectivity index (χ1v) is 7.90. The summed E-state index contributed by atoms with van der Waals surface area (Å²) in [6, 6.07) is 6.66. The fourth-order valence-corrected chi connectivity index (χ4v) is 3.36. The Morgan fingerprint density at radius 2 is 2.19 bits per heavy atom. The van der Waals surface area contributed by atoms with Crippen LogP contribution in [0.25, 0.3) is 0 Å². The summed E-state index contributed by atoms with van der Waals surface area (Å²) in [5, 5.41) is 14.2. The molecule has 4 nitrogen and oxygen atoms in total. The smallest absolute Gasteiger partial charge is 0.119 e. The van der Waals surface area contributed by atoms with E-state index < -0.39 is 5.60 Å². The third kappa shape index (κ3) is 3.39. The number of hydrogen-bond donors (Lipinski definition) is 2. The second-order valence-electron chi connectivity index (χ2n) is 6.23. The summed E-state index contributed by atoms with van der Waals surface area (Å²) in [4.78, 5) is 0. The van der Waals surface area contributed by atoms with E-state index in [0.29, 0.717) is 25.8 Å². The van der Waals surface area contributed by atoms with Gasteiger partial charge in [0.1, 0.15) is 5.75 Å². The Kier molecular flexibility index (Phi) is 4.48. The normalized spacial score (nSPS) is 24.4. The highest BCUT2D eigenvalue weighted by Gasteiger charge is 2.31. The predicted molar refractivity (Wildman–Crippen MR) is 81.7 cm³/mol. The van der Waals surface area contributed by atoms with E-state index in [2.05, 4.69) is 17.4 Å². The fourth-order valence-electron chi connectivity index (χ4n) is 3.36. The van der Waals surface area contributed by atoms with Gasteiger partial charge < -0.3 is 19.9 Å². The molecular formula is C17H25NO3. The van der Waals surface area contributed by atoms with E-state index in [1.165, 1.54) is 17.5 Å². The number of methoxy groups -OCH3 is 1. The van der Waals surface area contributed by atoms with Gasteiger partial charge in [0, 0.05) is 38.6 Å². The third-order valence-corrected chi connectivity index (χ3v) is 4.77. The van der Waals surface area contributed by atoms with Crippen LogP contribution in [-0.4, -0.2) is 37.6 Å². The summed E-state index contributed by atoms with van der Waals surface area (Å²) in [5.41, 5.74) is 2.11. The van der Waals surface area contributed by atoms with Crippen LogP contribution in [0.2, 0.25) is 0 Å². The second-order valence-corrected chi connectivity index (χ2v) is 6.23. The Morgan fingerprint density at radius 1 is 1.38 bits per heavy atom. The number of aryl methyl sites for hydroxylation is 1. The van der Waals surface area contributed by atoms with Crippen LogP contribution in [0.4, 0.5) is 0 Å². The fraction of sp³-hybridized carbons (Fsp3) is 0.647. The zero-order valence-corrected chi connectivity index (χ0v) is 12.7. The molecule has 21 heavy (non-hydrogen) atoms. The van der Waals surface area contributed by atoms with Crippen LogP contribution in [0.5, 0.6) is 5.75 Å². The van der Waals surface area contributed by atoms with E-state index in [1.54, 1.807) is 7.11 Å². The molecule has 2 N–H and O–H groups in total. The van der Waals surface area contributed by atoms with Crippen LogP contribution in [-0.2, 0) is 11.2 Å². The molecule has 0 amide bonds. The number of fused-ring (bicyclic) bond motifs is 1. The summed E-state index contributed by atoms with van der Waals surface area (Å²) in [6.45, 7) is 1.96. The summed E-state index contributed by atoms with van der Waals surface area (Å²) < 4.78 is 10.7. The number of benzene rings is 1. The zero-order chi connectivity index (χ0) is 14.7. The van der Waals surface area contributed by atoms with Gasteiger partial charge in [-0.05, 0) is 42.5 Å².